The second kappa shape index (κ2) is 5.27. The van der Waals surface area contributed by atoms with E-state index in [1.54, 1.807) is 26.0 Å². The molecule has 18 heavy (non-hydrogen) atoms. The maximum absolute atomic E-state index is 13.9. The molecular weight excluding hydrogens is 255 g/mol. The van der Waals surface area contributed by atoms with Gasteiger partial charge in [0.1, 0.15) is 5.82 Å². The van der Waals surface area contributed by atoms with Crippen LogP contribution in [0.3, 0.4) is 0 Å². The smallest absolute Gasteiger partial charge is 0.309 e. The summed E-state index contributed by atoms with van der Waals surface area (Å²) >= 11 is 5.85. The quantitative estimate of drug-likeness (QED) is 0.889. The van der Waals surface area contributed by atoms with Gasteiger partial charge >= 0.3 is 5.97 Å². The third-order valence-electron chi connectivity index (χ3n) is 3.00. The molecule has 0 aliphatic heterocycles. The van der Waals surface area contributed by atoms with E-state index in [2.05, 4.69) is 0 Å². The number of hydrogen-bond acceptors (Lipinski definition) is 1. The Labute approximate surface area is 112 Å². The Balaban J connectivity index is 3.20. The van der Waals surface area contributed by atoms with Gasteiger partial charge in [-0.2, -0.15) is 0 Å². The summed E-state index contributed by atoms with van der Waals surface area (Å²) in [6.07, 6.45) is 0.119. The first-order valence-electron chi connectivity index (χ1n) is 5.86. The van der Waals surface area contributed by atoms with E-state index in [4.69, 9.17) is 16.7 Å². The summed E-state index contributed by atoms with van der Waals surface area (Å²) in [7, 11) is 0. The molecule has 0 radical (unpaired) electrons. The van der Waals surface area contributed by atoms with Gasteiger partial charge in [0, 0.05) is 0 Å². The highest BCUT2D eigenvalue weighted by atomic mass is 35.5. The summed E-state index contributed by atoms with van der Waals surface area (Å²) in [6.45, 7) is 7.11. The molecule has 1 aromatic rings. The van der Waals surface area contributed by atoms with E-state index in [0.29, 0.717) is 5.56 Å². The molecule has 0 unspecified atom stereocenters. The zero-order valence-corrected chi connectivity index (χ0v) is 11.8. The molecule has 0 saturated carbocycles. The molecule has 0 fully saturated rings. The molecule has 0 saturated heterocycles. The van der Waals surface area contributed by atoms with Crippen molar-refractivity contribution < 1.29 is 14.3 Å². The number of halogens is 2. The lowest BCUT2D eigenvalue weighted by molar-refractivity contribution is -0.146. The Bertz CT molecular complexity index is 467. The Morgan fingerprint density at radius 3 is 2.44 bits per heavy atom. The molecule has 0 aromatic heterocycles. The number of benzene rings is 1. The summed E-state index contributed by atoms with van der Waals surface area (Å²) in [5.74, 6) is -1.25. The third-order valence-corrected chi connectivity index (χ3v) is 3.28. The first kappa shape index (κ1) is 15.0. The highest BCUT2D eigenvalue weighted by Crippen LogP contribution is 2.30. The van der Waals surface area contributed by atoms with Crippen molar-refractivity contribution in [3.05, 3.63) is 34.1 Å². The number of carbonyl (C=O) groups is 1. The van der Waals surface area contributed by atoms with Gasteiger partial charge in [0.2, 0.25) is 0 Å². The van der Waals surface area contributed by atoms with E-state index in [0.717, 1.165) is 5.56 Å². The number of aliphatic carboxylic acids is 1. The van der Waals surface area contributed by atoms with Gasteiger partial charge in [-0.05, 0) is 43.4 Å². The first-order chi connectivity index (χ1) is 8.15. The Kier molecular flexibility index (Phi) is 4.38. The minimum atomic E-state index is -1.01. The van der Waals surface area contributed by atoms with Crippen LogP contribution in [0.1, 0.15) is 44.7 Å². The molecule has 1 aromatic carbocycles. The Hall–Kier alpha value is -1.09. The van der Waals surface area contributed by atoms with Crippen molar-refractivity contribution in [2.45, 2.75) is 40.0 Å². The second-order valence-corrected chi connectivity index (χ2v) is 5.90. The number of hydrogen-bond donors (Lipinski definition) is 1. The average molecular weight is 273 g/mol. The summed E-state index contributed by atoms with van der Waals surface area (Å²) in [4.78, 5) is 11.1. The summed E-state index contributed by atoms with van der Waals surface area (Å²) < 4.78 is 13.9. The van der Waals surface area contributed by atoms with Gasteiger partial charge in [-0.15, -0.1) is 0 Å². The van der Waals surface area contributed by atoms with Crippen molar-refractivity contribution in [2.75, 3.05) is 0 Å². The largest absolute Gasteiger partial charge is 0.481 e. The van der Waals surface area contributed by atoms with Crippen LogP contribution in [-0.4, -0.2) is 11.1 Å². The molecule has 0 bridgehead atoms. The SMILES string of the molecule is CC(C)c1cc(Cl)c(F)c(CC(C)(C)C(=O)O)c1. The van der Waals surface area contributed by atoms with Crippen molar-refractivity contribution >= 4 is 17.6 Å². The molecule has 0 atom stereocenters. The highest BCUT2D eigenvalue weighted by Gasteiger charge is 2.29. The molecule has 1 rings (SSSR count). The van der Waals surface area contributed by atoms with E-state index in [1.165, 1.54) is 0 Å². The maximum atomic E-state index is 13.9. The van der Waals surface area contributed by atoms with Crippen molar-refractivity contribution in [1.82, 2.24) is 0 Å². The molecule has 0 aliphatic rings. The number of carboxylic acids is 1. The monoisotopic (exact) mass is 272 g/mol. The fourth-order valence-electron chi connectivity index (χ4n) is 1.68. The summed E-state index contributed by atoms with van der Waals surface area (Å²) in [5.41, 5.74) is 0.260. The second-order valence-electron chi connectivity index (χ2n) is 5.50. The van der Waals surface area contributed by atoms with Gasteiger partial charge < -0.3 is 5.11 Å². The molecule has 1 N–H and O–H groups in total. The van der Waals surface area contributed by atoms with Crippen LogP contribution < -0.4 is 0 Å². The van der Waals surface area contributed by atoms with Crippen molar-refractivity contribution in [1.29, 1.82) is 0 Å². The van der Waals surface area contributed by atoms with Crippen LogP contribution in [0.5, 0.6) is 0 Å². The van der Waals surface area contributed by atoms with E-state index in [9.17, 15) is 9.18 Å². The molecule has 0 amide bonds. The van der Waals surface area contributed by atoms with Crippen LogP contribution in [0.15, 0.2) is 12.1 Å². The lowest BCUT2D eigenvalue weighted by atomic mass is 9.84. The van der Waals surface area contributed by atoms with E-state index in [1.807, 2.05) is 13.8 Å². The Morgan fingerprint density at radius 2 is 2.00 bits per heavy atom. The zero-order valence-electron chi connectivity index (χ0n) is 11.1. The van der Waals surface area contributed by atoms with E-state index in [-0.39, 0.29) is 17.4 Å². The zero-order chi connectivity index (χ0) is 14.1. The molecule has 0 aliphatic carbocycles. The highest BCUT2D eigenvalue weighted by molar-refractivity contribution is 6.30. The standard InChI is InChI=1S/C14H18ClFO2/c1-8(2)9-5-10(12(16)11(15)6-9)7-14(3,4)13(17)18/h5-6,8H,7H2,1-4H3,(H,17,18). The molecule has 0 spiro atoms. The van der Waals surface area contributed by atoms with Gasteiger partial charge in [-0.1, -0.05) is 31.5 Å². The lowest BCUT2D eigenvalue weighted by Gasteiger charge is -2.20. The number of carboxylic acid groups (broad SMARTS) is 1. The van der Waals surface area contributed by atoms with Crippen molar-refractivity contribution in [2.24, 2.45) is 5.41 Å². The van der Waals surface area contributed by atoms with E-state index >= 15 is 0 Å². The normalized spacial score (nSPS) is 11.9. The Morgan fingerprint density at radius 1 is 1.44 bits per heavy atom. The summed E-state index contributed by atoms with van der Waals surface area (Å²) in [6, 6.07) is 3.30. The predicted molar refractivity (Wildman–Crippen MR) is 70.6 cm³/mol. The van der Waals surface area contributed by atoms with Crippen LogP contribution in [0.2, 0.25) is 5.02 Å². The van der Waals surface area contributed by atoms with Crippen LogP contribution in [-0.2, 0) is 11.2 Å². The van der Waals surface area contributed by atoms with Crippen LogP contribution in [0, 0.1) is 11.2 Å². The molecular formula is C14H18ClFO2. The van der Waals surface area contributed by atoms with Crippen LogP contribution in [0.25, 0.3) is 0 Å². The van der Waals surface area contributed by atoms with Crippen molar-refractivity contribution in [3.63, 3.8) is 0 Å². The fourth-order valence-corrected chi connectivity index (χ4v) is 1.93. The van der Waals surface area contributed by atoms with Crippen molar-refractivity contribution in [3.8, 4) is 0 Å². The van der Waals surface area contributed by atoms with Gasteiger partial charge in [-0.25, -0.2) is 4.39 Å². The minimum Gasteiger partial charge on any atom is -0.481 e. The predicted octanol–water partition coefficient (Wildman–Crippen LogP) is 4.26. The van der Waals surface area contributed by atoms with Gasteiger partial charge in [0.15, 0.2) is 0 Å². The molecule has 4 heteroatoms. The van der Waals surface area contributed by atoms with Crippen LogP contribution >= 0.6 is 11.6 Å². The topological polar surface area (TPSA) is 37.3 Å². The molecule has 100 valence electrons. The molecule has 0 heterocycles. The fraction of sp³-hybridized carbons (Fsp3) is 0.500. The minimum absolute atomic E-state index is 0.0531. The third kappa shape index (κ3) is 3.22. The molecule has 2 nitrogen and oxygen atoms in total. The summed E-state index contributed by atoms with van der Waals surface area (Å²) in [5, 5.41) is 9.14. The maximum Gasteiger partial charge on any atom is 0.309 e. The van der Waals surface area contributed by atoms with Gasteiger partial charge in [0.05, 0.1) is 10.4 Å². The van der Waals surface area contributed by atoms with Gasteiger partial charge in [-0.3, -0.25) is 4.79 Å². The number of rotatable bonds is 4. The first-order valence-corrected chi connectivity index (χ1v) is 6.24. The average Bonchev–Trinajstić information content (AvgIpc) is 2.23. The van der Waals surface area contributed by atoms with E-state index < -0.39 is 17.2 Å². The van der Waals surface area contributed by atoms with Crippen LogP contribution in [0.4, 0.5) is 4.39 Å². The lowest BCUT2D eigenvalue weighted by Crippen LogP contribution is -2.26. The van der Waals surface area contributed by atoms with Gasteiger partial charge in [0.25, 0.3) is 0 Å².